The molecule has 0 amide bonds. The van der Waals surface area contributed by atoms with Crippen LogP contribution >= 0.6 is 11.9 Å². The third-order valence-electron chi connectivity index (χ3n) is 4.66. The molecule has 4 rings (SSSR count). The van der Waals surface area contributed by atoms with Crippen LogP contribution in [0.25, 0.3) is 0 Å². The Hall–Kier alpha value is -1.56. The van der Waals surface area contributed by atoms with Crippen molar-refractivity contribution in [3.05, 3.63) is 53.9 Å². The summed E-state index contributed by atoms with van der Waals surface area (Å²) in [5, 5.41) is 0. The van der Waals surface area contributed by atoms with Crippen LogP contribution in [0.1, 0.15) is 30.5 Å². The van der Waals surface area contributed by atoms with Gasteiger partial charge in [0.2, 0.25) is 0 Å². The van der Waals surface area contributed by atoms with E-state index in [1.165, 1.54) is 29.7 Å². The average molecular weight is 356 g/mol. The van der Waals surface area contributed by atoms with Crippen LogP contribution < -0.4 is 9.46 Å². The quantitative estimate of drug-likeness (QED) is 0.765. The van der Waals surface area contributed by atoms with Gasteiger partial charge in [-0.3, -0.25) is 14.6 Å². The van der Waals surface area contributed by atoms with E-state index < -0.39 is 0 Å². The molecule has 1 N–H and O–H groups in total. The summed E-state index contributed by atoms with van der Waals surface area (Å²) in [6.45, 7) is 5.26. The monoisotopic (exact) mass is 355 g/mol. The van der Waals surface area contributed by atoms with Crippen molar-refractivity contribution in [2.24, 2.45) is 0 Å². The van der Waals surface area contributed by atoms with Gasteiger partial charge in [0, 0.05) is 42.5 Å². The molecule has 1 aliphatic carbocycles. The van der Waals surface area contributed by atoms with Crippen molar-refractivity contribution < 1.29 is 4.74 Å². The maximum absolute atomic E-state index is 5.82. The molecule has 1 saturated carbocycles. The molecule has 2 heterocycles. The standard InChI is InChI=1S/C20H25N3OS/c1-15-2-9-20(12-21-15)25-22-17-10-11-23(14-17)13-16-3-5-18(6-4-16)24-19-7-8-19/h2-6,9,12,17,19,22H,7-8,10-11,13-14H2,1H3/t17-/m1/s1. The highest BCUT2D eigenvalue weighted by Gasteiger charge is 2.24. The fraction of sp³-hybridized carbons (Fsp3) is 0.450. The topological polar surface area (TPSA) is 37.4 Å². The average Bonchev–Trinajstić information content (AvgIpc) is 3.33. The second kappa shape index (κ2) is 7.77. The predicted molar refractivity (Wildman–Crippen MR) is 102 cm³/mol. The third kappa shape index (κ3) is 4.97. The molecule has 0 spiro atoms. The second-order valence-electron chi connectivity index (χ2n) is 7.04. The first kappa shape index (κ1) is 16.9. The van der Waals surface area contributed by atoms with Gasteiger partial charge in [0.15, 0.2) is 0 Å². The smallest absolute Gasteiger partial charge is 0.119 e. The maximum Gasteiger partial charge on any atom is 0.119 e. The zero-order valence-electron chi connectivity index (χ0n) is 14.6. The van der Waals surface area contributed by atoms with Crippen molar-refractivity contribution >= 4 is 11.9 Å². The molecular formula is C20H25N3OS. The van der Waals surface area contributed by atoms with Crippen molar-refractivity contribution in [1.29, 1.82) is 0 Å². The lowest BCUT2D eigenvalue weighted by molar-refractivity contribution is 0.302. The highest BCUT2D eigenvalue weighted by atomic mass is 32.2. The lowest BCUT2D eigenvalue weighted by Gasteiger charge is -2.17. The second-order valence-corrected chi connectivity index (χ2v) is 7.95. The highest BCUT2D eigenvalue weighted by Crippen LogP contribution is 2.27. The van der Waals surface area contributed by atoms with E-state index >= 15 is 0 Å². The van der Waals surface area contributed by atoms with E-state index in [2.05, 4.69) is 51.0 Å². The van der Waals surface area contributed by atoms with Gasteiger partial charge in [-0.25, -0.2) is 0 Å². The summed E-state index contributed by atoms with van der Waals surface area (Å²) < 4.78 is 9.40. The van der Waals surface area contributed by atoms with Crippen LogP contribution in [0.2, 0.25) is 0 Å². The number of hydrogen-bond donors (Lipinski definition) is 1. The lowest BCUT2D eigenvalue weighted by Crippen LogP contribution is -2.28. The van der Waals surface area contributed by atoms with Crippen LogP contribution in [0.4, 0.5) is 0 Å². The van der Waals surface area contributed by atoms with Crippen LogP contribution in [0.5, 0.6) is 5.75 Å². The molecule has 132 valence electrons. The van der Waals surface area contributed by atoms with E-state index in [0.29, 0.717) is 12.1 Å². The minimum Gasteiger partial charge on any atom is -0.490 e. The van der Waals surface area contributed by atoms with E-state index in [1.54, 1.807) is 11.9 Å². The van der Waals surface area contributed by atoms with Gasteiger partial charge < -0.3 is 4.74 Å². The van der Waals surface area contributed by atoms with Crippen molar-refractivity contribution in [2.75, 3.05) is 13.1 Å². The Morgan fingerprint density at radius 1 is 1.16 bits per heavy atom. The summed E-state index contributed by atoms with van der Waals surface area (Å²) in [6, 6.07) is 13.3. The van der Waals surface area contributed by atoms with Crippen molar-refractivity contribution in [3.63, 3.8) is 0 Å². The van der Waals surface area contributed by atoms with Gasteiger partial charge in [0.05, 0.1) is 6.10 Å². The number of pyridine rings is 1. The van der Waals surface area contributed by atoms with Crippen molar-refractivity contribution in [3.8, 4) is 5.75 Å². The number of likely N-dealkylation sites (tertiary alicyclic amines) is 1. The Kier molecular flexibility index (Phi) is 5.25. The number of ether oxygens (including phenoxy) is 1. The first-order chi connectivity index (χ1) is 12.2. The number of hydrogen-bond acceptors (Lipinski definition) is 5. The van der Waals surface area contributed by atoms with E-state index in [-0.39, 0.29) is 0 Å². The molecule has 0 radical (unpaired) electrons. The molecule has 2 aliphatic rings. The number of aromatic nitrogens is 1. The van der Waals surface area contributed by atoms with Crippen molar-refractivity contribution in [2.45, 2.75) is 49.8 Å². The summed E-state index contributed by atoms with van der Waals surface area (Å²) in [4.78, 5) is 8.03. The molecule has 2 aromatic rings. The molecule has 25 heavy (non-hydrogen) atoms. The van der Waals surface area contributed by atoms with Crippen LogP contribution in [-0.4, -0.2) is 35.1 Å². The molecule has 1 aromatic carbocycles. The molecule has 0 bridgehead atoms. The summed E-state index contributed by atoms with van der Waals surface area (Å²) in [7, 11) is 0. The minimum absolute atomic E-state index is 0.470. The fourth-order valence-corrected chi connectivity index (χ4v) is 3.79. The normalized spacial score (nSPS) is 20.8. The summed E-state index contributed by atoms with van der Waals surface area (Å²) in [5.41, 5.74) is 2.42. The number of rotatable bonds is 7. The van der Waals surface area contributed by atoms with Gasteiger partial charge in [-0.1, -0.05) is 12.1 Å². The van der Waals surface area contributed by atoms with Crippen LogP contribution in [0.3, 0.4) is 0 Å². The zero-order valence-corrected chi connectivity index (χ0v) is 15.5. The Labute approximate surface area is 154 Å². The van der Waals surface area contributed by atoms with Gasteiger partial charge in [-0.15, -0.1) is 0 Å². The van der Waals surface area contributed by atoms with Crippen LogP contribution in [0, 0.1) is 6.92 Å². The van der Waals surface area contributed by atoms with Crippen LogP contribution in [-0.2, 0) is 6.54 Å². The number of benzene rings is 1. The molecule has 4 nitrogen and oxygen atoms in total. The lowest BCUT2D eigenvalue weighted by atomic mass is 10.2. The van der Waals surface area contributed by atoms with E-state index in [4.69, 9.17) is 4.74 Å². The number of nitrogens with zero attached hydrogens (tertiary/aromatic N) is 2. The summed E-state index contributed by atoms with van der Waals surface area (Å²) in [5.74, 6) is 1.01. The molecule has 1 aromatic heterocycles. The molecule has 1 atom stereocenters. The zero-order chi connectivity index (χ0) is 17.1. The molecule has 2 fully saturated rings. The van der Waals surface area contributed by atoms with Crippen molar-refractivity contribution in [1.82, 2.24) is 14.6 Å². The maximum atomic E-state index is 5.82. The molecular weight excluding hydrogens is 330 g/mol. The molecule has 1 aliphatic heterocycles. The molecule has 1 saturated heterocycles. The van der Waals surface area contributed by atoms with Gasteiger partial charge in [-0.2, -0.15) is 0 Å². The summed E-state index contributed by atoms with van der Waals surface area (Å²) in [6.07, 6.45) is 6.01. The van der Waals surface area contributed by atoms with E-state index in [1.807, 2.05) is 13.1 Å². The Balaban J connectivity index is 1.22. The first-order valence-electron chi connectivity index (χ1n) is 9.07. The largest absolute Gasteiger partial charge is 0.490 e. The third-order valence-corrected chi connectivity index (χ3v) is 5.59. The minimum atomic E-state index is 0.470. The number of aryl methyl sites for hydroxylation is 1. The van der Waals surface area contributed by atoms with E-state index in [0.717, 1.165) is 31.1 Å². The Morgan fingerprint density at radius 2 is 2.00 bits per heavy atom. The van der Waals surface area contributed by atoms with E-state index in [9.17, 15) is 0 Å². The Morgan fingerprint density at radius 3 is 2.72 bits per heavy atom. The SMILES string of the molecule is Cc1ccc(SN[C@@H]2CCN(Cc3ccc(OC4CC4)cc3)C2)cn1. The van der Waals surface area contributed by atoms with Gasteiger partial charge >= 0.3 is 0 Å². The van der Waals surface area contributed by atoms with Gasteiger partial charge in [0.1, 0.15) is 5.75 Å². The highest BCUT2D eigenvalue weighted by molar-refractivity contribution is 7.97. The molecule has 0 unspecified atom stereocenters. The summed E-state index contributed by atoms with van der Waals surface area (Å²) >= 11 is 1.69. The Bertz CT molecular complexity index is 685. The van der Waals surface area contributed by atoms with Gasteiger partial charge in [0.25, 0.3) is 0 Å². The van der Waals surface area contributed by atoms with Crippen LogP contribution in [0.15, 0.2) is 47.5 Å². The van der Waals surface area contributed by atoms with Gasteiger partial charge in [-0.05, 0) is 68.0 Å². The fourth-order valence-electron chi connectivity index (χ4n) is 3.05. The number of nitrogens with one attached hydrogen (secondary N) is 1. The first-order valence-corrected chi connectivity index (χ1v) is 9.89. The molecule has 5 heteroatoms. The predicted octanol–water partition coefficient (Wildman–Crippen LogP) is 3.80.